The SMILES string of the molecule is CCCCC/C=C\C/C=C\CCCCCCCCCCCC(=O)OC(COCCC(C(=O)O)[N+](C)(C)C)COC(=O)CCCCCCC/C=C\CCCCCCC. The van der Waals surface area contributed by atoms with E-state index in [4.69, 9.17) is 14.2 Å². The highest BCUT2D eigenvalue weighted by molar-refractivity contribution is 5.72. The second kappa shape index (κ2) is 40.3. The molecule has 2 unspecified atom stereocenters. The van der Waals surface area contributed by atoms with Gasteiger partial charge in [0.15, 0.2) is 12.1 Å². The van der Waals surface area contributed by atoms with Gasteiger partial charge in [-0.3, -0.25) is 9.59 Å². The van der Waals surface area contributed by atoms with E-state index in [1.165, 1.54) is 122 Å². The molecule has 8 heteroatoms. The summed E-state index contributed by atoms with van der Waals surface area (Å²) < 4.78 is 17.3. The summed E-state index contributed by atoms with van der Waals surface area (Å²) in [5, 5.41) is 9.63. The van der Waals surface area contributed by atoms with Crippen LogP contribution >= 0.6 is 0 Å². The van der Waals surface area contributed by atoms with Gasteiger partial charge in [-0.05, 0) is 70.6 Å². The molecule has 57 heavy (non-hydrogen) atoms. The van der Waals surface area contributed by atoms with Crippen LogP contribution in [0.5, 0.6) is 0 Å². The molecule has 0 aromatic rings. The molecule has 2 atom stereocenters. The lowest BCUT2D eigenvalue weighted by atomic mass is 10.1. The van der Waals surface area contributed by atoms with Gasteiger partial charge in [-0.15, -0.1) is 0 Å². The summed E-state index contributed by atoms with van der Waals surface area (Å²) >= 11 is 0. The molecule has 0 amide bonds. The van der Waals surface area contributed by atoms with E-state index < -0.39 is 18.1 Å². The number of unbranched alkanes of at least 4 members (excludes halogenated alkanes) is 22. The minimum atomic E-state index is -0.876. The number of esters is 2. The molecule has 0 heterocycles. The number of carboxylic acid groups (broad SMARTS) is 1. The van der Waals surface area contributed by atoms with Crippen LogP contribution in [-0.2, 0) is 28.6 Å². The summed E-state index contributed by atoms with van der Waals surface area (Å²) in [6, 6.07) is -0.616. The van der Waals surface area contributed by atoms with Gasteiger partial charge in [0.05, 0.1) is 34.4 Å². The Kier molecular flexibility index (Phi) is 38.6. The van der Waals surface area contributed by atoms with E-state index in [0.717, 1.165) is 51.4 Å². The zero-order valence-corrected chi connectivity index (χ0v) is 37.8. The fourth-order valence-electron chi connectivity index (χ4n) is 6.82. The predicted molar refractivity (Wildman–Crippen MR) is 238 cm³/mol. The van der Waals surface area contributed by atoms with E-state index in [9.17, 15) is 19.5 Å². The molecular weight excluding hydrogens is 715 g/mol. The van der Waals surface area contributed by atoms with Crippen LogP contribution in [0.25, 0.3) is 0 Å². The van der Waals surface area contributed by atoms with E-state index in [1.807, 2.05) is 21.1 Å². The molecular formula is C49H90NO7+. The number of allylic oxidation sites excluding steroid dienone is 6. The standard InChI is InChI=1S/C49H89NO7/c1-6-8-10-12-14-16-18-20-22-23-24-25-26-28-30-32-34-36-38-40-48(52)57-45(43-55-42-41-46(49(53)54)50(3,4)5)44-56-47(51)39-37-35-33-31-29-27-21-19-17-15-13-11-9-7-2/h14,16,19-22,45-46H,6-13,15,17-18,23-44H2,1-5H3/p+1/b16-14-,21-19-,22-20-. The van der Waals surface area contributed by atoms with Crippen molar-refractivity contribution in [1.29, 1.82) is 0 Å². The summed E-state index contributed by atoms with van der Waals surface area (Å²) in [4.78, 5) is 37.0. The number of carboxylic acids is 1. The van der Waals surface area contributed by atoms with Gasteiger partial charge in [0.25, 0.3) is 0 Å². The molecule has 0 bridgehead atoms. The molecule has 0 fully saturated rings. The van der Waals surface area contributed by atoms with Crippen LogP contribution in [0.4, 0.5) is 0 Å². The highest BCUT2D eigenvalue weighted by Gasteiger charge is 2.31. The maximum absolute atomic E-state index is 12.8. The molecule has 0 aliphatic heterocycles. The molecule has 0 aromatic carbocycles. The highest BCUT2D eigenvalue weighted by Crippen LogP contribution is 2.14. The lowest BCUT2D eigenvalue weighted by Crippen LogP contribution is -2.50. The fourth-order valence-corrected chi connectivity index (χ4v) is 6.82. The Labute approximate surface area is 351 Å². The Bertz CT molecular complexity index is 1030. The summed E-state index contributed by atoms with van der Waals surface area (Å²) in [6.07, 6.45) is 46.1. The molecule has 0 saturated carbocycles. The highest BCUT2D eigenvalue weighted by atomic mass is 16.6. The predicted octanol–water partition coefficient (Wildman–Crippen LogP) is 13.0. The van der Waals surface area contributed by atoms with Crippen molar-refractivity contribution in [2.45, 2.75) is 219 Å². The number of quaternary nitrogens is 1. The van der Waals surface area contributed by atoms with Crippen LogP contribution in [0, 0.1) is 0 Å². The van der Waals surface area contributed by atoms with Crippen molar-refractivity contribution in [2.24, 2.45) is 0 Å². The first-order valence-electron chi connectivity index (χ1n) is 23.5. The molecule has 1 N–H and O–H groups in total. The fraction of sp³-hybridized carbons (Fsp3) is 0.816. The van der Waals surface area contributed by atoms with Gasteiger partial charge in [-0.25, -0.2) is 4.79 Å². The van der Waals surface area contributed by atoms with Gasteiger partial charge in [0.1, 0.15) is 6.61 Å². The molecule has 0 aromatic heterocycles. The maximum Gasteiger partial charge on any atom is 0.362 e. The molecule has 0 aliphatic rings. The summed E-state index contributed by atoms with van der Waals surface area (Å²) in [6.45, 7) is 4.70. The van der Waals surface area contributed by atoms with Gasteiger partial charge in [0, 0.05) is 19.3 Å². The monoisotopic (exact) mass is 805 g/mol. The topological polar surface area (TPSA) is 99.1 Å². The minimum absolute atomic E-state index is 0.0555. The van der Waals surface area contributed by atoms with Gasteiger partial charge >= 0.3 is 17.9 Å². The van der Waals surface area contributed by atoms with Crippen molar-refractivity contribution in [3.8, 4) is 0 Å². The van der Waals surface area contributed by atoms with Crippen LogP contribution in [0.1, 0.15) is 206 Å². The third-order valence-electron chi connectivity index (χ3n) is 10.5. The lowest BCUT2D eigenvalue weighted by molar-refractivity contribution is -0.887. The van der Waals surface area contributed by atoms with Crippen LogP contribution in [0.2, 0.25) is 0 Å². The van der Waals surface area contributed by atoms with Crippen LogP contribution < -0.4 is 0 Å². The van der Waals surface area contributed by atoms with E-state index in [-0.39, 0.29) is 36.2 Å². The number of carbonyl (C=O) groups is 3. The Morgan fingerprint density at radius 2 is 0.930 bits per heavy atom. The number of hydrogen-bond donors (Lipinski definition) is 1. The molecule has 8 nitrogen and oxygen atoms in total. The summed E-state index contributed by atoms with van der Waals surface area (Å²) in [7, 11) is 5.53. The van der Waals surface area contributed by atoms with Crippen molar-refractivity contribution < 1.29 is 38.2 Å². The van der Waals surface area contributed by atoms with Crippen molar-refractivity contribution in [3.63, 3.8) is 0 Å². The van der Waals surface area contributed by atoms with E-state index in [1.54, 1.807) is 0 Å². The third-order valence-corrected chi connectivity index (χ3v) is 10.5. The second-order valence-corrected chi connectivity index (χ2v) is 17.0. The van der Waals surface area contributed by atoms with Gasteiger partial charge in [-0.1, -0.05) is 153 Å². The summed E-state index contributed by atoms with van der Waals surface area (Å²) in [5.41, 5.74) is 0. The molecule has 0 saturated heterocycles. The quantitative estimate of drug-likeness (QED) is 0.0284. The van der Waals surface area contributed by atoms with Crippen LogP contribution in [0.15, 0.2) is 36.5 Å². The lowest BCUT2D eigenvalue weighted by Gasteiger charge is -2.31. The minimum Gasteiger partial charge on any atom is -0.477 e. The zero-order chi connectivity index (χ0) is 42.1. The number of aliphatic carboxylic acids is 1. The number of rotatable bonds is 42. The van der Waals surface area contributed by atoms with Crippen molar-refractivity contribution in [3.05, 3.63) is 36.5 Å². The average molecular weight is 805 g/mol. The van der Waals surface area contributed by atoms with Crippen molar-refractivity contribution in [1.82, 2.24) is 0 Å². The molecule has 0 aliphatic carbocycles. The van der Waals surface area contributed by atoms with Gasteiger partial charge in [0.2, 0.25) is 0 Å². The smallest absolute Gasteiger partial charge is 0.362 e. The molecule has 332 valence electrons. The normalized spacial score (nSPS) is 13.2. The Morgan fingerprint density at radius 3 is 1.40 bits per heavy atom. The first kappa shape index (κ1) is 54.6. The Balaban J connectivity index is 4.31. The molecule has 0 rings (SSSR count). The first-order valence-corrected chi connectivity index (χ1v) is 23.5. The number of nitrogens with zero attached hydrogens (tertiary/aromatic N) is 1. The zero-order valence-electron chi connectivity index (χ0n) is 37.8. The number of likely N-dealkylation sites (N-methyl/N-ethyl adjacent to an activating group) is 1. The third kappa shape index (κ3) is 38.8. The van der Waals surface area contributed by atoms with E-state index >= 15 is 0 Å². The average Bonchev–Trinajstić information content (AvgIpc) is 3.17. The van der Waals surface area contributed by atoms with Crippen LogP contribution in [0.3, 0.4) is 0 Å². The van der Waals surface area contributed by atoms with E-state index in [0.29, 0.717) is 19.3 Å². The van der Waals surface area contributed by atoms with Crippen molar-refractivity contribution in [2.75, 3.05) is 41.0 Å². The Hall–Kier alpha value is -2.45. The molecule has 0 spiro atoms. The molecule has 0 radical (unpaired) electrons. The van der Waals surface area contributed by atoms with E-state index in [2.05, 4.69) is 50.3 Å². The number of carbonyl (C=O) groups excluding carboxylic acids is 2. The van der Waals surface area contributed by atoms with Gasteiger partial charge in [-0.2, -0.15) is 0 Å². The maximum atomic E-state index is 12.8. The summed E-state index contributed by atoms with van der Waals surface area (Å²) in [5.74, 6) is -1.48. The van der Waals surface area contributed by atoms with Gasteiger partial charge < -0.3 is 23.8 Å². The largest absolute Gasteiger partial charge is 0.477 e. The number of ether oxygens (including phenoxy) is 3. The number of hydrogen-bond acceptors (Lipinski definition) is 6. The van der Waals surface area contributed by atoms with Crippen molar-refractivity contribution >= 4 is 17.9 Å². The second-order valence-electron chi connectivity index (χ2n) is 17.0. The Morgan fingerprint density at radius 1 is 0.526 bits per heavy atom. The first-order chi connectivity index (χ1) is 27.6. The van der Waals surface area contributed by atoms with Crippen LogP contribution in [-0.4, -0.2) is 80.6 Å².